The van der Waals surface area contributed by atoms with Crippen LogP contribution in [0.2, 0.25) is 0 Å². The van der Waals surface area contributed by atoms with Gasteiger partial charge in [0.1, 0.15) is 11.7 Å². The minimum absolute atomic E-state index is 0.165. The van der Waals surface area contributed by atoms with Gasteiger partial charge < -0.3 is 9.84 Å². The predicted molar refractivity (Wildman–Crippen MR) is 76.8 cm³/mol. The van der Waals surface area contributed by atoms with E-state index in [1.807, 2.05) is 6.92 Å². The number of rotatable bonds is 4. The highest BCUT2D eigenvalue weighted by Gasteiger charge is 2.47. The first-order valence-corrected chi connectivity index (χ1v) is 6.80. The molecule has 1 aliphatic rings. The van der Waals surface area contributed by atoms with Crippen molar-refractivity contribution < 1.29 is 19.4 Å². The molecule has 5 nitrogen and oxygen atoms in total. The zero-order valence-electron chi connectivity index (χ0n) is 12.8. The summed E-state index contributed by atoms with van der Waals surface area (Å²) in [6, 6.07) is 0. The van der Waals surface area contributed by atoms with Crippen LogP contribution >= 0.6 is 0 Å². The average molecular weight is 281 g/mol. The SMILES string of the molecule is CCCC(=NC)C1=C(O)C(C(=O)OC)C(C)(C)CC1=O. The zero-order chi connectivity index (χ0) is 15.5. The molecule has 0 radical (unpaired) electrons. The molecule has 0 saturated carbocycles. The van der Waals surface area contributed by atoms with Gasteiger partial charge in [-0.15, -0.1) is 0 Å². The predicted octanol–water partition coefficient (Wildman–Crippen LogP) is 2.46. The molecule has 1 unspecified atom stereocenters. The Morgan fingerprint density at radius 1 is 1.50 bits per heavy atom. The van der Waals surface area contributed by atoms with Gasteiger partial charge >= 0.3 is 5.97 Å². The number of Topliss-reactive ketones (excluding diaryl/α,β-unsaturated/α-hetero) is 1. The van der Waals surface area contributed by atoms with Crippen LogP contribution in [0.15, 0.2) is 16.3 Å². The number of allylic oxidation sites excluding steroid dienone is 1. The summed E-state index contributed by atoms with van der Waals surface area (Å²) >= 11 is 0. The van der Waals surface area contributed by atoms with E-state index >= 15 is 0 Å². The zero-order valence-corrected chi connectivity index (χ0v) is 12.8. The van der Waals surface area contributed by atoms with E-state index in [0.29, 0.717) is 12.1 Å². The minimum Gasteiger partial charge on any atom is -0.511 e. The molecule has 0 bridgehead atoms. The standard InChI is InChI=1S/C15H23NO4/c1-6-7-9(16-4)11-10(17)8-15(2,3)12(13(11)18)14(19)20-5/h12,18H,6-8H2,1-5H3. The van der Waals surface area contributed by atoms with E-state index in [4.69, 9.17) is 4.74 Å². The minimum atomic E-state index is -0.825. The van der Waals surface area contributed by atoms with Crippen molar-refractivity contribution in [1.82, 2.24) is 0 Å². The molecule has 0 fully saturated rings. The summed E-state index contributed by atoms with van der Waals surface area (Å²) in [4.78, 5) is 28.3. The summed E-state index contributed by atoms with van der Waals surface area (Å²) < 4.78 is 4.77. The topological polar surface area (TPSA) is 76.0 Å². The molecule has 1 atom stereocenters. The van der Waals surface area contributed by atoms with Crippen LogP contribution in [-0.2, 0) is 14.3 Å². The lowest BCUT2D eigenvalue weighted by Gasteiger charge is -2.36. The van der Waals surface area contributed by atoms with E-state index in [2.05, 4.69) is 4.99 Å². The van der Waals surface area contributed by atoms with E-state index in [0.717, 1.165) is 6.42 Å². The Balaban J connectivity index is 3.40. The van der Waals surface area contributed by atoms with Gasteiger partial charge in [0, 0.05) is 19.2 Å². The highest BCUT2D eigenvalue weighted by atomic mass is 16.5. The third-order valence-electron chi connectivity index (χ3n) is 3.69. The smallest absolute Gasteiger partial charge is 0.316 e. The van der Waals surface area contributed by atoms with Gasteiger partial charge in [0.15, 0.2) is 5.78 Å². The van der Waals surface area contributed by atoms with Crippen LogP contribution < -0.4 is 0 Å². The maximum absolute atomic E-state index is 12.3. The first-order valence-electron chi connectivity index (χ1n) is 6.80. The normalized spacial score (nSPS) is 22.9. The summed E-state index contributed by atoms with van der Waals surface area (Å²) in [5.74, 6) is -1.72. The van der Waals surface area contributed by atoms with E-state index in [9.17, 15) is 14.7 Å². The fraction of sp³-hybridized carbons (Fsp3) is 0.667. The number of esters is 1. The first-order chi connectivity index (χ1) is 9.30. The largest absolute Gasteiger partial charge is 0.511 e. The lowest BCUT2D eigenvalue weighted by molar-refractivity contribution is -0.150. The van der Waals surface area contributed by atoms with Gasteiger partial charge in [-0.3, -0.25) is 14.6 Å². The van der Waals surface area contributed by atoms with E-state index in [1.165, 1.54) is 7.11 Å². The van der Waals surface area contributed by atoms with Gasteiger partial charge in [0.2, 0.25) is 0 Å². The van der Waals surface area contributed by atoms with Gasteiger partial charge in [0.05, 0.1) is 12.7 Å². The van der Waals surface area contributed by atoms with Crippen molar-refractivity contribution >= 4 is 17.5 Å². The van der Waals surface area contributed by atoms with Crippen LogP contribution in [0.25, 0.3) is 0 Å². The Morgan fingerprint density at radius 2 is 2.10 bits per heavy atom. The van der Waals surface area contributed by atoms with Gasteiger partial charge in [-0.2, -0.15) is 0 Å². The Bertz CT molecular complexity index is 474. The molecule has 112 valence electrons. The lowest BCUT2D eigenvalue weighted by atomic mass is 9.67. The molecule has 1 N–H and O–H groups in total. The molecule has 0 aliphatic heterocycles. The number of nitrogens with zero attached hydrogens (tertiary/aromatic N) is 1. The van der Waals surface area contributed by atoms with Crippen molar-refractivity contribution in [1.29, 1.82) is 0 Å². The summed E-state index contributed by atoms with van der Waals surface area (Å²) in [6.45, 7) is 5.53. The summed E-state index contributed by atoms with van der Waals surface area (Å²) in [5.41, 5.74) is 0.0894. The Labute approximate surface area is 119 Å². The molecular formula is C15H23NO4. The summed E-state index contributed by atoms with van der Waals surface area (Å²) in [6.07, 6.45) is 1.59. The summed E-state index contributed by atoms with van der Waals surface area (Å²) in [5, 5.41) is 10.4. The fourth-order valence-corrected chi connectivity index (χ4v) is 2.70. The van der Waals surface area contributed by atoms with Gasteiger partial charge in [-0.05, 0) is 11.8 Å². The van der Waals surface area contributed by atoms with Crippen LogP contribution in [-0.4, -0.2) is 36.7 Å². The van der Waals surface area contributed by atoms with Gasteiger partial charge in [0.25, 0.3) is 0 Å². The van der Waals surface area contributed by atoms with Crippen LogP contribution in [0.4, 0.5) is 0 Å². The molecule has 0 aromatic rings. The molecule has 1 rings (SSSR count). The van der Waals surface area contributed by atoms with Crippen molar-refractivity contribution in [2.45, 2.75) is 40.0 Å². The molecule has 20 heavy (non-hydrogen) atoms. The molecule has 0 amide bonds. The number of aliphatic hydroxyl groups excluding tert-OH is 1. The Hall–Kier alpha value is -1.65. The quantitative estimate of drug-likeness (QED) is 0.634. The Morgan fingerprint density at radius 3 is 2.55 bits per heavy atom. The van der Waals surface area contributed by atoms with E-state index in [-0.39, 0.29) is 23.5 Å². The van der Waals surface area contributed by atoms with E-state index in [1.54, 1.807) is 20.9 Å². The van der Waals surface area contributed by atoms with E-state index < -0.39 is 17.3 Å². The molecule has 0 spiro atoms. The third-order valence-corrected chi connectivity index (χ3v) is 3.69. The number of hydrogen-bond acceptors (Lipinski definition) is 5. The number of carbonyl (C=O) groups is 2. The first kappa shape index (κ1) is 16.4. The maximum Gasteiger partial charge on any atom is 0.316 e. The molecular weight excluding hydrogens is 258 g/mol. The third kappa shape index (κ3) is 2.92. The molecule has 0 aromatic carbocycles. The fourth-order valence-electron chi connectivity index (χ4n) is 2.70. The number of carbonyl (C=O) groups excluding carboxylic acids is 2. The van der Waals surface area contributed by atoms with Gasteiger partial charge in [-0.1, -0.05) is 27.2 Å². The van der Waals surface area contributed by atoms with Crippen LogP contribution in [0, 0.1) is 11.3 Å². The number of aliphatic hydroxyl groups is 1. The van der Waals surface area contributed by atoms with Crippen molar-refractivity contribution in [2.75, 3.05) is 14.2 Å². The Kier molecular flexibility index (Phi) is 5.09. The molecule has 5 heteroatoms. The number of methoxy groups -OCH3 is 1. The van der Waals surface area contributed by atoms with Crippen LogP contribution in [0.1, 0.15) is 40.0 Å². The number of aliphatic imine (C=N–C) groups is 1. The second kappa shape index (κ2) is 6.20. The van der Waals surface area contributed by atoms with Crippen molar-refractivity contribution in [3.05, 3.63) is 11.3 Å². The van der Waals surface area contributed by atoms with Gasteiger partial charge in [-0.25, -0.2) is 0 Å². The molecule has 0 saturated heterocycles. The maximum atomic E-state index is 12.3. The lowest BCUT2D eigenvalue weighted by Crippen LogP contribution is -2.41. The second-order valence-corrected chi connectivity index (χ2v) is 5.73. The van der Waals surface area contributed by atoms with Crippen molar-refractivity contribution in [3.63, 3.8) is 0 Å². The number of hydrogen-bond donors (Lipinski definition) is 1. The number of ether oxygens (including phenoxy) is 1. The molecule has 0 heterocycles. The highest BCUT2D eigenvalue weighted by Crippen LogP contribution is 2.42. The molecule has 0 aromatic heterocycles. The second-order valence-electron chi connectivity index (χ2n) is 5.73. The van der Waals surface area contributed by atoms with Crippen molar-refractivity contribution in [3.8, 4) is 0 Å². The monoisotopic (exact) mass is 281 g/mol. The van der Waals surface area contributed by atoms with Crippen LogP contribution in [0.3, 0.4) is 0 Å². The number of ketones is 1. The highest BCUT2D eigenvalue weighted by molar-refractivity contribution is 6.23. The average Bonchev–Trinajstić information content (AvgIpc) is 2.35. The van der Waals surface area contributed by atoms with Crippen LogP contribution in [0.5, 0.6) is 0 Å². The van der Waals surface area contributed by atoms with Crippen molar-refractivity contribution in [2.24, 2.45) is 16.3 Å². The molecule has 1 aliphatic carbocycles. The summed E-state index contributed by atoms with van der Waals surface area (Å²) in [7, 11) is 2.87.